The maximum Gasteiger partial charge on any atom is 0.232 e. The average molecular weight is 279 g/mol. The fourth-order valence-corrected chi connectivity index (χ4v) is 2.15. The number of rotatable bonds is 5. The number of hydrogen-bond donors (Lipinski definition) is 0. The molecule has 1 aliphatic rings. The molecule has 6 heteroatoms. The molecule has 3 nitrogen and oxygen atoms in total. The summed E-state index contributed by atoms with van der Waals surface area (Å²) in [6.45, 7) is 0. The third-order valence-electron chi connectivity index (χ3n) is 2.46. The Balaban J connectivity index is 2.14. The van der Waals surface area contributed by atoms with Crippen molar-refractivity contribution < 1.29 is 17.5 Å². The molecular formula is C11H12ClFO3S. The highest BCUT2D eigenvalue weighted by Crippen LogP contribution is 2.30. The molecule has 0 amide bonds. The molecule has 2 rings (SSSR count). The Bertz CT molecular complexity index is 511. The van der Waals surface area contributed by atoms with E-state index < -0.39 is 14.9 Å². The van der Waals surface area contributed by atoms with Crippen molar-refractivity contribution in [2.75, 3.05) is 5.75 Å². The largest absolute Gasteiger partial charge is 0.490 e. The summed E-state index contributed by atoms with van der Waals surface area (Å²) >= 11 is 0. The van der Waals surface area contributed by atoms with Gasteiger partial charge in [0.2, 0.25) is 9.05 Å². The molecule has 0 radical (unpaired) electrons. The second kappa shape index (κ2) is 4.82. The van der Waals surface area contributed by atoms with Crippen LogP contribution in [0.4, 0.5) is 4.39 Å². The summed E-state index contributed by atoms with van der Waals surface area (Å²) < 4.78 is 40.4. The zero-order valence-corrected chi connectivity index (χ0v) is 10.6. The smallest absolute Gasteiger partial charge is 0.232 e. The van der Waals surface area contributed by atoms with E-state index in [1.807, 2.05) is 0 Å². The zero-order chi connectivity index (χ0) is 12.5. The highest BCUT2D eigenvalue weighted by atomic mass is 35.7. The molecular weight excluding hydrogens is 267 g/mol. The third kappa shape index (κ3) is 4.16. The number of hydrogen-bond acceptors (Lipinski definition) is 3. The molecule has 1 saturated carbocycles. The first-order chi connectivity index (χ1) is 7.94. The summed E-state index contributed by atoms with van der Waals surface area (Å²) in [6, 6.07) is 4.13. The van der Waals surface area contributed by atoms with Crippen LogP contribution >= 0.6 is 10.7 Å². The molecule has 0 unspecified atom stereocenters. The summed E-state index contributed by atoms with van der Waals surface area (Å²) in [5.74, 6) is -0.0803. The van der Waals surface area contributed by atoms with E-state index in [4.69, 9.17) is 15.4 Å². The van der Waals surface area contributed by atoms with Gasteiger partial charge in [0.15, 0.2) is 0 Å². The van der Waals surface area contributed by atoms with Crippen LogP contribution in [-0.4, -0.2) is 20.3 Å². The van der Waals surface area contributed by atoms with E-state index in [1.54, 1.807) is 0 Å². The first-order valence-corrected chi connectivity index (χ1v) is 7.79. The van der Waals surface area contributed by atoms with E-state index in [1.165, 1.54) is 18.2 Å². The Morgan fingerprint density at radius 3 is 2.71 bits per heavy atom. The van der Waals surface area contributed by atoms with Crippen LogP contribution < -0.4 is 4.74 Å². The summed E-state index contributed by atoms with van der Waals surface area (Å²) in [6.07, 6.45) is 2.33. The summed E-state index contributed by atoms with van der Waals surface area (Å²) in [7, 11) is 1.56. The van der Waals surface area contributed by atoms with Gasteiger partial charge in [0.1, 0.15) is 11.6 Å². The second-order valence-electron chi connectivity index (χ2n) is 4.06. The second-order valence-corrected chi connectivity index (χ2v) is 6.96. The van der Waals surface area contributed by atoms with E-state index >= 15 is 0 Å². The molecule has 1 aromatic rings. The molecule has 0 bridgehead atoms. The molecule has 1 aliphatic carbocycles. The average Bonchev–Trinajstić information content (AvgIpc) is 3.01. The van der Waals surface area contributed by atoms with Gasteiger partial charge < -0.3 is 4.74 Å². The Hall–Kier alpha value is -0.810. The van der Waals surface area contributed by atoms with Crippen molar-refractivity contribution in [2.24, 2.45) is 0 Å². The van der Waals surface area contributed by atoms with Crippen molar-refractivity contribution in [1.29, 1.82) is 0 Å². The highest BCUT2D eigenvalue weighted by Gasteiger charge is 2.24. The van der Waals surface area contributed by atoms with Gasteiger partial charge in [-0.2, -0.15) is 0 Å². The molecule has 1 fully saturated rings. The molecule has 0 atom stereocenters. The monoisotopic (exact) mass is 278 g/mol. The maximum atomic E-state index is 13.1. The van der Waals surface area contributed by atoms with Crippen molar-refractivity contribution in [3.63, 3.8) is 0 Å². The molecule has 0 spiro atoms. The van der Waals surface area contributed by atoms with Crippen molar-refractivity contribution in [2.45, 2.75) is 25.4 Å². The molecule has 17 heavy (non-hydrogen) atoms. The number of aryl methyl sites for hydroxylation is 1. The Morgan fingerprint density at radius 2 is 2.12 bits per heavy atom. The van der Waals surface area contributed by atoms with Crippen LogP contribution in [0, 0.1) is 5.82 Å². The summed E-state index contributed by atoms with van der Waals surface area (Å²) in [4.78, 5) is 0. The van der Waals surface area contributed by atoms with Gasteiger partial charge in [0, 0.05) is 10.7 Å². The lowest BCUT2D eigenvalue weighted by Gasteiger charge is -2.10. The van der Waals surface area contributed by atoms with Crippen LogP contribution in [0.5, 0.6) is 5.75 Å². The standard InChI is InChI=1S/C11H12ClFO3S/c12-17(14,15)6-5-8-7-9(13)1-4-11(8)16-10-2-3-10/h1,4,7,10H,2-3,5-6H2. The van der Waals surface area contributed by atoms with Crippen LogP contribution in [0.1, 0.15) is 18.4 Å². The number of halogens is 2. The fourth-order valence-electron chi connectivity index (χ4n) is 1.46. The van der Waals surface area contributed by atoms with E-state index in [0.29, 0.717) is 11.3 Å². The van der Waals surface area contributed by atoms with E-state index in [-0.39, 0.29) is 18.3 Å². The van der Waals surface area contributed by atoms with Crippen LogP contribution in [-0.2, 0) is 15.5 Å². The maximum absolute atomic E-state index is 13.1. The predicted molar refractivity (Wildman–Crippen MR) is 63.4 cm³/mol. The number of benzene rings is 1. The lowest BCUT2D eigenvalue weighted by Crippen LogP contribution is -2.05. The van der Waals surface area contributed by atoms with Crippen LogP contribution in [0.2, 0.25) is 0 Å². The Morgan fingerprint density at radius 1 is 1.41 bits per heavy atom. The van der Waals surface area contributed by atoms with Gasteiger partial charge in [0.25, 0.3) is 0 Å². The molecule has 0 heterocycles. The predicted octanol–water partition coefficient (Wildman–Crippen LogP) is 2.48. The molecule has 0 saturated heterocycles. The molecule has 0 N–H and O–H groups in total. The lowest BCUT2D eigenvalue weighted by molar-refractivity contribution is 0.299. The van der Waals surface area contributed by atoms with Gasteiger partial charge in [0.05, 0.1) is 11.9 Å². The minimum Gasteiger partial charge on any atom is -0.490 e. The minimum atomic E-state index is -3.57. The fraction of sp³-hybridized carbons (Fsp3) is 0.455. The summed E-state index contributed by atoms with van der Waals surface area (Å²) in [5.41, 5.74) is 0.543. The van der Waals surface area contributed by atoms with Gasteiger partial charge in [-0.3, -0.25) is 0 Å². The molecule has 0 aliphatic heterocycles. The van der Waals surface area contributed by atoms with Gasteiger partial charge in [-0.1, -0.05) is 0 Å². The van der Waals surface area contributed by atoms with Crippen molar-refractivity contribution in [3.8, 4) is 5.75 Å². The molecule has 1 aromatic carbocycles. The van der Waals surface area contributed by atoms with E-state index in [9.17, 15) is 12.8 Å². The highest BCUT2D eigenvalue weighted by molar-refractivity contribution is 8.13. The van der Waals surface area contributed by atoms with Crippen LogP contribution in [0.3, 0.4) is 0 Å². The van der Waals surface area contributed by atoms with Crippen molar-refractivity contribution in [1.82, 2.24) is 0 Å². The summed E-state index contributed by atoms with van der Waals surface area (Å²) in [5, 5.41) is 0. The topological polar surface area (TPSA) is 43.4 Å². The number of ether oxygens (including phenoxy) is 1. The first-order valence-electron chi connectivity index (χ1n) is 5.31. The van der Waals surface area contributed by atoms with Gasteiger partial charge >= 0.3 is 0 Å². The van der Waals surface area contributed by atoms with Crippen LogP contribution in [0.25, 0.3) is 0 Å². The van der Waals surface area contributed by atoms with Gasteiger partial charge in [-0.15, -0.1) is 0 Å². The van der Waals surface area contributed by atoms with E-state index in [0.717, 1.165) is 12.8 Å². The Labute approximate surface area is 104 Å². The molecule has 94 valence electrons. The quantitative estimate of drug-likeness (QED) is 0.777. The Kier molecular flexibility index (Phi) is 3.58. The molecule has 0 aromatic heterocycles. The SMILES string of the molecule is O=S(=O)(Cl)CCc1cc(F)ccc1OC1CC1. The van der Waals surface area contributed by atoms with E-state index in [2.05, 4.69) is 0 Å². The zero-order valence-electron chi connectivity index (χ0n) is 9.03. The minimum absolute atomic E-state index is 0.158. The van der Waals surface area contributed by atoms with Crippen LogP contribution in [0.15, 0.2) is 18.2 Å². The third-order valence-corrected chi connectivity index (χ3v) is 3.61. The van der Waals surface area contributed by atoms with Crippen molar-refractivity contribution in [3.05, 3.63) is 29.6 Å². The first kappa shape index (κ1) is 12.6. The van der Waals surface area contributed by atoms with Gasteiger partial charge in [-0.05, 0) is 43.0 Å². The lowest BCUT2D eigenvalue weighted by atomic mass is 10.1. The van der Waals surface area contributed by atoms with Crippen molar-refractivity contribution >= 4 is 19.7 Å². The van der Waals surface area contributed by atoms with Gasteiger partial charge in [-0.25, -0.2) is 12.8 Å². The normalized spacial score (nSPS) is 15.9.